The lowest BCUT2D eigenvalue weighted by Gasteiger charge is -2.04. The standard InChI is InChI=1S/C9H17NO/c1-3-4-5-6-7-9(8-10)11-2/h9H,3-7H2,1-2H3. The Morgan fingerprint density at radius 1 is 1.36 bits per heavy atom. The molecule has 0 rings (SSSR count). The first-order valence-corrected chi connectivity index (χ1v) is 4.27. The van der Waals surface area contributed by atoms with Crippen molar-refractivity contribution in [3.05, 3.63) is 0 Å². The molecule has 11 heavy (non-hydrogen) atoms. The van der Waals surface area contributed by atoms with Crippen LogP contribution < -0.4 is 0 Å². The second-order valence-electron chi connectivity index (χ2n) is 2.70. The van der Waals surface area contributed by atoms with E-state index < -0.39 is 0 Å². The molecule has 1 atom stereocenters. The number of hydrogen-bond donors (Lipinski definition) is 0. The largest absolute Gasteiger partial charge is 0.367 e. The van der Waals surface area contributed by atoms with Gasteiger partial charge >= 0.3 is 0 Å². The van der Waals surface area contributed by atoms with E-state index in [9.17, 15) is 0 Å². The molecule has 0 spiro atoms. The Bertz CT molecular complexity index is 117. The van der Waals surface area contributed by atoms with Crippen LogP contribution in [0.25, 0.3) is 0 Å². The highest BCUT2D eigenvalue weighted by Gasteiger charge is 2.02. The van der Waals surface area contributed by atoms with Gasteiger partial charge in [-0.25, -0.2) is 0 Å². The quantitative estimate of drug-likeness (QED) is 0.552. The van der Waals surface area contributed by atoms with Gasteiger partial charge in [-0.2, -0.15) is 5.26 Å². The number of unbranched alkanes of at least 4 members (excludes halogenated alkanes) is 3. The lowest BCUT2D eigenvalue weighted by atomic mass is 10.1. The summed E-state index contributed by atoms with van der Waals surface area (Å²) in [6, 6.07) is 2.11. The minimum atomic E-state index is -0.188. The molecule has 0 saturated carbocycles. The minimum absolute atomic E-state index is 0.188. The van der Waals surface area contributed by atoms with Crippen LogP contribution in [0, 0.1) is 11.3 Å². The first-order valence-electron chi connectivity index (χ1n) is 4.27. The summed E-state index contributed by atoms with van der Waals surface area (Å²) >= 11 is 0. The number of nitriles is 1. The van der Waals surface area contributed by atoms with Gasteiger partial charge in [0.2, 0.25) is 0 Å². The zero-order valence-electron chi connectivity index (χ0n) is 7.47. The molecular formula is C9H17NO. The summed E-state index contributed by atoms with van der Waals surface area (Å²) < 4.78 is 4.92. The molecular weight excluding hydrogens is 138 g/mol. The van der Waals surface area contributed by atoms with Gasteiger partial charge in [0.25, 0.3) is 0 Å². The van der Waals surface area contributed by atoms with Crippen LogP contribution in [0.5, 0.6) is 0 Å². The highest BCUT2D eigenvalue weighted by molar-refractivity contribution is 4.82. The third kappa shape index (κ3) is 5.87. The third-order valence-corrected chi connectivity index (χ3v) is 1.75. The second-order valence-corrected chi connectivity index (χ2v) is 2.70. The molecule has 0 aliphatic rings. The average molecular weight is 155 g/mol. The van der Waals surface area contributed by atoms with Crippen molar-refractivity contribution in [1.29, 1.82) is 5.26 Å². The minimum Gasteiger partial charge on any atom is -0.367 e. The molecule has 0 bridgehead atoms. The first kappa shape index (κ1) is 10.4. The van der Waals surface area contributed by atoms with Crippen LogP contribution in [0.15, 0.2) is 0 Å². The molecule has 0 saturated heterocycles. The number of nitrogens with zero attached hydrogens (tertiary/aromatic N) is 1. The highest BCUT2D eigenvalue weighted by Crippen LogP contribution is 2.06. The molecule has 0 aliphatic heterocycles. The van der Waals surface area contributed by atoms with Gasteiger partial charge in [0.05, 0.1) is 6.07 Å². The lowest BCUT2D eigenvalue weighted by Crippen LogP contribution is -2.06. The van der Waals surface area contributed by atoms with E-state index >= 15 is 0 Å². The van der Waals surface area contributed by atoms with Gasteiger partial charge in [-0.3, -0.25) is 0 Å². The summed E-state index contributed by atoms with van der Waals surface area (Å²) in [6.45, 7) is 2.18. The van der Waals surface area contributed by atoms with E-state index in [1.54, 1.807) is 7.11 Å². The fourth-order valence-electron chi connectivity index (χ4n) is 0.992. The molecule has 64 valence electrons. The predicted molar refractivity (Wildman–Crippen MR) is 45.2 cm³/mol. The fourth-order valence-corrected chi connectivity index (χ4v) is 0.992. The molecule has 0 aromatic carbocycles. The average Bonchev–Trinajstić information content (AvgIpc) is 2.05. The molecule has 0 aliphatic carbocycles. The molecule has 0 heterocycles. The zero-order valence-corrected chi connectivity index (χ0v) is 7.47. The topological polar surface area (TPSA) is 33.0 Å². The Labute approximate surface area is 69.2 Å². The van der Waals surface area contributed by atoms with E-state index in [4.69, 9.17) is 10.00 Å². The van der Waals surface area contributed by atoms with Crippen LogP contribution in [0.1, 0.15) is 39.0 Å². The van der Waals surface area contributed by atoms with Gasteiger partial charge in [0, 0.05) is 7.11 Å². The molecule has 0 fully saturated rings. The molecule has 0 radical (unpaired) electrons. The Kier molecular flexibility index (Phi) is 7.18. The lowest BCUT2D eigenvalue weighted by molar-refractivity contribution is 0.136. The molecule has 2 nitrogen and oxygen atoms in total. The van der Waals surface area contributed by atoms with Crippen molar-refractivity contribution in [3.63, 3.8) is 0 Å². The van der Waals surface area contributed by atoms with Gasteiger partial charge in [-0.15, -0.1) is 0 Å². The molecule has 0 amide bonds. The Balaban J connectivity index is 3.16. The van der Waals surface area contributed by atoms with Crippen LogP contribution in [-0.2, 0) is 4.74 Å². The summed E-state index contributed by atoms with van der Waals surface area (Å²) in [7, 11) is 1.59. The van der Waals surface area contributed by atoms with Crippen LogP contribution in [0.3, 0.4) is 0 Å². The van der Waals surface area contributed by atoms with Crippen LogP contribution >= 0.6 is 0 Å². The Morgan fingerprint density at radius 2 is 2.09 bits per heavy atom. The zero-order chi connectivity index (χ0) is 8.53. The summed E-state index contributed by atoms with van der Waals surface area (Å²) in [4.78, 5) is 0. The Morgan fingerprint density at radius 3 is 2.55 bits per heavy atom. The van der Waals surface area contributed by atoms with Crippen molar-refractivity contribution in [2.45, 2.75) is 45.1 Å². The van der Waals surface area contributed by atoms with E-state index in [2.05, 4.69) is 13.0 Å². The van der Waals surface area contributed by atoms with Crippen molar-refractivity contribution in [3.8, 4) is 6.07 Å². The molecule has 1 unspecified atom stereocenters. The summed E-state index contributed by atoms with van der Waals surface area (Å²) in [5.74, 6) is 0. The van der Waals surface area contributed by atoms with Crippen molar-refractivity contribution < 1.29 is 4.74 Å². The normalized spacial score (nSPS) is 12.5. The van der Waals surface area contributed by atoms with Crippen molar-refractivity contribution in [2.24, 2.45) is 0 Å². The van der Waals surface area contributed by atoms with Crippen molar-refractivity contribution in [1.82, 2.24) is 0 Å². The van der Waals surface area contributed by atoms with Gasteiger partial charge in [-0.05, 0) is 12.8 Å². The van der Waals surface area contributed by atoms with Crippen LogP contribution in [-0.4, -0.2) is 13.2 Å². The first-order chi connectivity index (χ1) is 5.35. The van der Waals surface area contributed by atoms with Gasteiger partial charge in [0.15, 0.2) is 0 Å². The number of rotatable bonds is 6. The van der Waals surface area contributed by atoms with Crippen molar-refractivity contribution >= 4 is 0 Å². The van der Waals surface area contributed by atoms with Crippen LogP contribution in [0.2, 0.25) is 0 Å². The monoisotopic (exact) mass is 155 g/mol. The smallest absolute Gasteiger partial charge is 0.143 e. The summed E-state index contributed by atoms with van der Waals surface area (Å²) in [5, 5.41) is 8.51. The molecule has 2 heteroatoms. The van der Waals surface area contributed by atoms with Gasteiger partial charge in [-0.1, -0.05) is 26.2 Å². The highest BCUT2D eigenvalue weighted by atomic mass is 16.5. The maximum atomic E-state index is 8.51. The molecule has 0 N–H and O–H groups in total. The van der Waals surface area contributed by atoms with E-state index in [0.29, 0.717) is 0 Å². The van der Waals surface area contributed by atoms with Crippen molar-refractivity contribution in [2.75, 3.05) is 7.11 Å². The van der Waals surface area contributed by atoms with Gasteiger partial charge in [0.1, 0.15) is 6.10 Å². The van der Waals surface area contributed by atoms with E-state index in [-0.39, 0.29) is 6.10 Å². The number of methoxy groups -OCH3 is 1. The Hall–Kier alpha value is -0.550. The second kappa shape index (κ2) is 7.56. The van der Waals surface area contributed by atoms with Crippen LogP contribution in [0.4, 0.5) is 0 Å². The fraction of sp³-hybridized carbons (Fsp3) is 0.889. The summed E-state index contributed by atoms with van der Waals surface area (Å²) in [5.41, 5.74) is 0. The third-order valence-electron chi connectivity index (χ3n) is 1.75. The molecule has 0 aromatic rings. The maximum Gasteiger partial charge on any atom is 0.143 e. The van der Waals surface area contributed by atoms with E-state index in [1.165, 1.54) is 19.3 Å². The van der Waals surface area contributed by atoms with Gasteiger partial charge < -0.3 is 4.74 Å². The van der Waals surface area contributed by atoms with E-state index in [0.717, 1.165) is 12.8 Å². The summed E-state index contributed by atoms with van der Waals surface area (Å²) in [6.07, 6.45) is 5.53. The van der Waals surface area contributed by atoms with E-state index in [1.807, 2.05) is 0 Å². The molecule has 0 aromatic heterocycles. The SMILES string of the molecule is CCCCCCC(C#N)OC. The maximum absolute atomic E-state index is 8.51. The number of hydrogen-bond acceptors (Lipinski definition) is 2. The number of ether oxygens (including phenoxy) is 1. The predicted octanol–water partition coefficient (Wildman–Crippen LogP) is 2.50.